The molecule has 2 amide bonds. The highest BCUT2D eigenvalue weighted by Crippen LogP contribution is 2.43. The number of likely N-dealkylation sites (tertiary alicyclic amines) is 1. The Morgan fingerprint density at radius 2 is 1.84 bits per heavy atom. The number of nitrogens with zero attached hydrogens (tertiary/aromatic N) is 4. The molecule has 0 bridgehead atoms. The molecular weight excluding hydrogens is 433 g/mol. The molecule has 31 heavy (non-hydrogen) atoms. The molecule has 174 valence electrons. The fourth-order valence-corrected chi connectivity index (χ4v) is 4.99. The van der Waals surface area contributed by atoms with Crippen LogP contribution in [-0.2, 0) is 15.2 Å². The van der Waals surface area contributed by atoms with Gasteiger partial charge in [-0.05, 0) is 33.1 Å². The van der Waals surface area contributed by atoms with Crippen molar-refractivity contribution in [2.75, 3.05) is 39.3 Å². The summed E-state index contributed by atoms with van der Waals surface area (Å²) in [5.41, 5.74) is -2.95. The number of rotatable bonds is 5. The number of aliphatic hydroxyl groups is 1. The van der Waals surface area contributed by atoms with Crippen LogP contribution in [0.2, 0.25) is 0 Å². The van der Waals surface area contributed by atoms with Crippen LogP contribution in [0.4, 0.5) is 13.2 Å². The van der Waals surface area contributed by atoms with Gasteiger partial charge in [0.1, 0.15) is 5.01 Å². The van der Waals surface area contributed by atoms with Crippen LogP contribution in [0.1, 0.15) is 43.3 Å². The summed E-state index contributed by atoms with van der Waals surface area (Å²) < 4.78 is 40.9. The number of carbonyl (C=O) groups excluding carboxylic acids is 2. The maximum atomic E-state index is 13.6. The number of aryl methyl sites for hydroxylation is 1. The van der Waals surface area contributed by atoms with Crippen LogP contribution in [0.3, 0.4) is 0 Å². The fourth-order valence-electron chi connectivity index (χ4n) is 4.08. The van der Waals surface area contributed by atoms with Crippen molar-refractivity contribution >= 4 is 23.2 Å². The number of aromatic nitrogens is 1. The van der Waals surface area contributed by atoms with Gasteiger partial charge in [0.2, 0.25) is 17.4 Å². The minimum absolute atomic E-state index is 0.0533. The lowest BCUT2D eigenvalue weighted by Crippen LogP contribution is -2.54. The number of carbonyl (C=O) groups is 2. The molecule has 3 heterocycles. The van der Waals surface area contributed by atoms with Crippen molar-refractivity contribution in [3.8, 4) is 0 Å². The van der Waals surface area contributed by atoms with E-state index in [1.165, 1.54) is 17.2 Å². The van der Waals surface area contributed by atoms with Gasteiger partial charge in [-0.2, -0.15) is 13.2 Å². The topological polar surface area (TPSA) is 77.0 Å². The number of alkyl halides is 3. The van der Waals surface area contributed by atoms with Gasteiger partial charge in [0.15, 0.2) is 0 Å². The summed E-state index contributed by atoms with van der Waals surface area (Å²) in [5.74, 6) is -0.721. The van der Waals surface area contributed by atoms with Gasteiger partial charge in [0.25, 0.3) is 0 Å². The lowest BCUT2D eigenvalue weighted by atomic mass is 9.98. The lowest BCUT2D eigenvalue weighted by molar-refractivity contribution is -0.268. The summed E-state index contributed by atoms with van der Waals surface area (Å²) in [5, 5.41) is 11.3. The third-order valence-electron chi connectivity index (χ3n) is 6.06. The van der Waals surface area contributed by atoms with Crippen molar-refractivity contribution in [1.82, 2.24) is 19.7 Å². The van der Waals surface area contributed by atoms with E-state index in [0.29, 0.717) is 30.1 Å². The van der Waals surface area contributed by atoms with Crippen molar-refractivity contribution in [3.63, 3.8) is 0 Å². The second-order valence-corrected chi connectivity index (χ2v) is 9.28. The number of halogens is 3. The standard InChI is InChI=1S/C20H29F3N4O3S/c1-14-13-31-18(24-14)19(30,20(21,22)23)11-16(28)26-9-7-25(8-10-26)12-17(29)27-6-4-3-5-15(27)2/h13,15,30H,3-12H2,1-2H3/t15-,19-/m0/s1. The van der Waals surface area contributed by atoms with Gasteiger partial charge in [-0.3, -0.25) is 14.5 Å². The maximum absolute atomic E-state index is 13.6. The monoisotopic (exact) mass is 462 g/mol. The highest BCUT2D eigenvalue weighted by molar-refractivity contribution is 7.09. The molecule has 7 nitrogen and oxygen atoms in total. The van der Waals surface area contributed by atoms with Gasteiger partial charge in [0.05, 0.1) is 13.0 Å². The van der Waals surface area contributed by atoms with Crippen LogP contribution in [0, 0.1) is 6.92 Å². The molecule has 2 saturated heterocycles. The van der Waals surface area contributed by atoms with E-state index >= 15 is 0 Å². The van der Waals surface area contributed by atoms with Crippen LogP contribution < -0.4 is 0 Å². The van der Waals surface area contributed by atoms with Gasteiger partial charge in [-0.25, -0.2) is 4.98 Å². The van der Waals surface area contributed by atoms with Gasteiger partial charge in [0, 0.05) is 49.8 Å². The largest absolute Gasteiger partial charge is 0.424 e. The number of hydrogen-bond acceptors (Lipinski definition) is 6. The van der Waals surface area contributed by atoms with E-state index in [9.17, 15) is 27.9 Å². The molecule has 2 atom stereocenters. The Labute approximate surface area is 183 Å². The Kier molecular flexibility index (Phi) is 7.27. The lowest BCUT2D eigenvalue weighted by Gasteiger charge is -2.38. The molecular formula is C20H29F3N4O3S. The SMILES string of the molecule is Cc1csc([C@@](O)(CC(=O)N2CCN(CC(=O)N3CCCC[C@@H]3C)CC2)C(F)(F)F)n1. The van der Waals surface area contributed by atoms with Gasteiger partial charge < -0.3 is 14.9 Å². The van der Waals surface area contributed by atoms with Crippen LogP contribution in [0.25, 0.3) is 0 Å². The first-order valence-electron chi connectivity index (χ1n) is 10.5. The fraction of sp³-hybridized carbons (Fsp3) is 0.750. The Bertz CT molecular complexity index is 795. The van der Waals surface area contributed by atoms with E-state index in [4.69, 9.17) is 0 Å². The van der Waals surface area contributed by atoms with Gasteiger partial charge in [-0.1, -0.05) is 0 Å². The second-order valence-electron chi connectivity index (χ2n) is 8.42. The first kappa shape index (κ1) is 23.9. The summed E-state index contributed by atoms with van der Waals surface area (Å²) in [7, 11) is 0. The van der Waals surface area contributed by atoms with Crippen LogP contribution >= 0.6 is 11.3 Å². The molecule has 2 fully saturated rings. The molecule has 0 spiro atoms. The normalized spacial score (nSPS) is 23.0. The molecule has 1 aromatic heterocycles. The van der Waals surface area contributed by atoms with Crippen LogP contribution in [-0.4, -0.2) is 88.1 Å². The first-order valence-corrected chi connectivity index (χ1v) is 11.4. The zero-order valence-corrected chi connectivity index (χ0v) is 18.6. The first-order chi connectivity index (χ1) is 14.5. The van der Waals surface area contributed by atoms with Crippen LogP contribution in [0.5, 0.6) is 0 Å². The van der Waals surface area contributed by atoms with Crippen molar-refractivity contribution in [1.29, 1.82) is 0 Å². The molecule has 0 saturated carbocycles. The van der Waals surface area contributed by atoms with E-state index < -0.39 is 29.1 Å². The Balaban J connectivity index is 1.56. The van der Waals surface area contributed by atoms with Crippen molar-refractivity contribution in [2.45, 2.75) is 57.3 Å². The molecule has 0 aromatic carbocycles. The third-order valence-corrected chi connectivity index (χ3v) is 7.17. The average Bonchev–Trinajstić information content (AvgIpc) is 3.14. The third kappa shape index (κ3) is 5.38. The van der Waals surface area contributed by atoms with E-state index in [1.54, 1.807) is 0 Å². The van der Waals surface area contributed by atoms with E-state index in [2.05, 4.69) is 4.98 Å². The van der Waals surface area contributed by atoms with Gasteiger partial charge >= 0.3 is 6.18 Å². The van der Waals surface area contributed by atoms with Crippen LogP contribution in [0.15, 0.2) is 5.38 Å². The highest BCUT2D eigenvalue weighted by Gasteiger charge is 2.58. The molecule has 1 N–H and O–H groups in total. The molecule has 11 heteroatoms. The summed E-state index contributed by atoms with van der Waals surface area (Å²) in [4.78, 5) is 34.1. The molecule has 2 aliphatic heterocycles. The molecule has 2 aliphatic rings. The number of amides is 2. The highest BCUT2D eigenvalue weighted by atomic mass is 32.1. The molecule has 0 aliphatic carbocycles. The summed E-state index contributed by atoms with van der Waals surface area (Å²) in [6, 6.07) is 0.221. The Morgan fingerprint density at radius 1 is 1.16 bits per heavy atom. The predicted octanol–water partition coefficient (Wildman–Crippen LogP) is 2.14. The minimum atomic E-state index is -5.02. The Morgan fingerprint density at radius 3 is 2.39 bits per heavy atom. The zero-order chi connectivity index (χ0) is 22.8. The van der Waals surface area contributed by atoms with Gasteiger partial charge in [-0.15, -0.1) is 11.3 Å². The van der Waals surface area contributed by atoms with Crippen molar-refractivity contribution in [3.05, 3.63) is 16.1 Å². The molecule has 0 radical (unpaired) electrons. The zero-order valence-electron chi connectivity index (χ0n) is 17.8. The van der Waals surface area contributed by atoms with Crippen molar-refractivity contribution in [2.24, 2.45) is 0 Å². The maximum Gasteiger partial charge on any atom is 0.424 e. The summed E-state index contributed by atoms with van der Waals surface area (Å²) in [6.07, 6.45) is -3.01. The molecule has 0 unspecified atom stereocenters. The van der Waals surface area contributed by atoms with E-state index in [0.717, 1.165) is 25.8 Å². The summed E-state index contributed by atoms with van der Waals surface area (Å²) in [6.45, 7) is 5.81. The number of hydrogen-bond donors (Lipinski definition) is 1. The smallest absolute Gasteiger partial charge is 0.374 e. The molecule has 3 rings (SSSR count). The predicted molar refractivity (Wildman–Crippen MR) is 109 cm³/mol. The number of thiazole rings is 1. The average molecular weight is 463 g/mol. The minimum Gasteiger partial charge on any atom is -0.374 e. The quantitative estimate of drug-likeness (QED) is 0.726. The number of piperazine rings is 1. The van der Waals surface area contributed by atoms with Crippen molar-refractivity contribution < 1.29 is 27.9 Å². The number of piperidine rings is 1. The Hall–Kier alpha value is -1.72. The van der Waals surface area contributed by atoms with E-state index in [-0.39, 0.29) is 31.6 Å². The second kappa shape index (κ2) is 9.41. The summed E-state index contributed by atoms with van der Waals surface area (Å²) >= 11 is 0.691. The van der Waals surface area contributed by atoms with E-state index in [1.807, 2.05) is 16.7 Å². The molecule has 1 aromatic rings.